The number of rotatable bonds is 1. The van der Waals surface area contributed by atoms with Gasteiger partial charge in [-0.05, 0) is 17.5 Å². The van der Waals surface area contributed by atoms with Gasteiger partial charge in [0.2, 0.25) is 0 Å². The number of aliphatic hydroxyl groups is 1. The van der Waals surface area contributed by atoms with E-state index in [2.05, 4.69) is 6.07 Å². The van der Waals surface area contributed by atoms with Crippen LogP contribution in [0.15, 0.2) is 18.2 Å². The lowest BCUT2D eigenvalue weighted by atomic mass is 10.0. The lowest BCUT2D eigenvalue weighted by Crippen LogP contribution is -2.23. The summed E-state index contributed by atoms with van der Waals surface area (Å²) in [5.41, 5.74) is 3.37. The summed E-state index contributed by atoms with van der Waals surface area (Å²) in [4.78, 5) is 0. The van der Waals surface area contributed by atoms with Crippen LogP contribution in [0.25, 0.3) is 0 Å². The van der Waals surface area contributed by atoms with E-state index >= 15 is 0 Å². The molecule has 80 valence electrons. The van der Waals surface area contributed by atoms with Crippen LogP contribution in [0.2, 0.25) is 0 Å². The average molecular weight is 206 g/mol. The summed E-state index contributed by atoms with van der Waals surface area (Å²) in [7, 11) is 0. The third-order valence-electron chi connectivity index (χ3n) is 3.24. The summed E-state index contributed by atoms with van der Waals surface area (Å²) < 4.78 is 11.4. The summed E-state index contributed by atoms with van der Waals surface area (Å²) >= 11 is 0. The van der Waals surface area contributed by atoms with Gasteiger partial charge in [-0.25, -0.2) is 0 Å². The van der Waals surface area contributed by atoms with Crippen LogP contribution >= 0.6 is 0 Å². The van der Waals surface area contributed by atoms with Crippen molar-refractivity contribution in [1.29, 1.82) is 0 Å². The maximum absolute atomic E-state index is 9.06. The minimum absolute atomic E-state index is 0.0992. The zero-order valence-corrected chi connectivity index (χ0v) is 8.53. The number of ether oxygens (including phenoxy) is 2. The highest BCUT2D eigenvalue weighted by Crippen LogP contribution is 2.43. The van der Waals surface area contributed by atoms with Crippen molar-refractivity contribution >= 4 is 0 Å². The molecular formula is C12H14O3. The maximum Gasteiger partial charge on any atom is 0.195 e. The van der Waals surface area contributed by atoms with Gasteiger partial charge in [0, 0.05) is 12.0 Å². The zero-order valence-electron chi connectivity index (χ0n) is 8.53. The van der Waals surface area contributed by atoms with Crippen molar-refractivity contribution in [3.63, 3.8) is 0 Å². The van der Waals surface area contributed by atoms with Gasteiger partial charge in [0.05, 0.1) is 19.8 Å². The second-order valence-electron chi connectivity index (χ2n) is 4.10. The lowest BCUT2D eigenvalue weighted by Gasteiger charge is -2.22. The molecule has 3 rings (SSSR count). The smallest absolute Gasteiger partial charge is 0.195 e. The summed E-state index contributed by atoms with van der Waals surface area (Å²) in [6, 6.07) is 6.02. The van der Waals surface area contributed by atoms with E-state index in [1.807, 2.05) is 12.1 Å². The molecule has 1 N–H and O–H groups in total. The molecule has 1 aromatic carbocycles. The standard InChI is InChI=1S/C12H14O3/c13-8-9-1-2-11-10(7-9)3-4-12(11)14-5-6-15-12/h1-2,7,13H,3-6,8H2. The largest absolute Gasteiger partial charge is 0.392 e. The van der Waals surface area contributed by atoms with E-state index in [0.29, 0.717) is 13.2 Å². The number of fused-ring (bicyclic) bond motifs is 2. The second-order valence-corrected chi connectivity index (χ2v) is 4.10. The van der Waals surface area contributed by atoms with Crippen LogP contribution in [0.1, 0.15) is 23.1 Å². The normalized spacial score (nSPS) is 22.2. The fraction of sp³-hybridized carbons (Fsp3) is 0.500. The fourth-order valence-electron chi connectivity index (χ4n) is 2.51. The van der Waals surface area contributed by atoms with Crippen molar-refractivity contribution in [3.05, 3.63) is 34.9 Å². The average Bonchev–Trinajstić information content (AvgIpc) is 2.88. The van der Waals surface area contributed by atoms with Gasteiger partial charge in [-0.3, -0.25) is 0 Å². The Morgan fingerprint density at radius 1 is 1.27 bits per heavy atom. The molecule has 0 radical (unpaired) electrons. The summed E-state index contributed by atoms with van der Waals surface area (Å²) in [5, 5.41) is 9.06. The van der Waals surface area contributed by atoms with Gasteiger partial charge in [0.1, 0.15) is 0 Å². The second kappa shape index (κ2) is 3.30. The van der Waals surface area contributed by atoms with E-state index in [4.69, 9.17) is 14.6 Å². The van der Waals surface area contributed by atoms with Crippen LogP contribution in [0.5, 0.6) is 0 Å². The van der Waals surface area contributed by atoms with Gasteiger partial charge in [0.25, 0.3) is 0 Å². The number of aryl methyl sites for hydroxylation is 1. The molecule has 1 aromatic rings. The lowest BCUT2D eigenvalue weighted by molar-refractivity contribution is -0.163. The topological polar surface area (TPSA) is 38.7 Å². The Labute approximate surface area is 88.6 Å². The Hall–Kier alpha value is -0.900. The third kappa shape index (κ3) is 1.31. The molecule has 0 bridgehead atoms. The summed E-state index contributed by atoms with van der Waals surface area (Å²) in [6.07, 6.45) is 1.88. The first kappa shape index (κ1) is 9.33. The van der Waals surface area contributed by atoms with E-state index in [0.717, 1.165) is 24.0 Å². The van der Waals surface area contributed by atoms with Crippen molar-refractivity contribution in [1.82, 2.24) is 0 Å². The van der Waals surface area contributed by atoms with E-state index < -0.39 is 5.79 Å². The molecule has 0 unspecified atom stereocenters. The Kier molecular flexibility index (Phi) is 2.06. The molecule has 1 aliphatic carbocycles. The molecule has 0 saturated carbocycles. The Morgan fingerprint density at radius 2 is 2.07 bits per heavy atom. The molecular weight excluding hydrogens is 192 g/mol. The Balaban J connectivity index is 2.03. The van der Waals surface area contributed by atoms with E-state index in [-0.39, 0.29) is 6.61 Å². The summed E-state index contributed by atoms with van der Waals surface area (Å²) in [6.45, 7) is 1.46. The van der Waals surface area contributed by atoms with Gasteiger partial charge in [-0.1, -0.05) is 18.2 Å². The summed E-state index contributed by atoms with van der Waals surface area (Å²) in [5.74, 6) is -0.469. The van der Waals surface area contributed by atoms with Crippen LogP contribution in [0.4, 0.5) is 0 Å². The van der Waals surface area contributed by atoms with Gasteiger partial charge in [0.15, 0.2) is 5.79 Å². The maximum atomic E-state index is 9.06. The number of benzene rings is 1. The van der Waals surface area contributed by atoms with Crippen molar-refractivity contribution in [2.45, 2.75) is 25.2 Å². The van der Waals surface area contributed by atoms with Gasteiger partial charge in [-0.15, -0.1) is 0 Å². The monoisotopic (exact) mass is 206 g/mol. The minimum Gasteiger partial charge on any atom is -0.392 e. The highest BCUT2D eigenvalue weighted by atomic mass is 16.7. The van der Waals surface area contributed by atoms with Crippen molar-refractivity contribution in [3.8, 4) is 0 Å². The van der Waals surface area contributed by atoms with Crippen LogP contribution in [-0.4, -0.2) is 18.3 Å². The molecule has 0 aromatic heterocycles. The Morgan fingerprint density at radius 3 is 2.80 bits per heavy atom. The first-order chi connectivity index (χ1) is 7.34. The predicted molar refractivity (Wildman–Crippen MR) is 54.3 cm³/mol. The molecule has 1 heterocycles. The van der Waals surface area contributed by atoms with Crippen LogP contribution in [0, 0.1) is 0 Å². The zero-order chi connectivity index (χ0) is 10.3. The molecule has 0 amide bonds. The molecule has 1 spiro atoms. The van der Waals surface area contributed by atoms with Crippen molar-refractivity contribution < 1.29 is 14.6 Å². The van der Waals surface area contributed by atoms with Crippen LogP contribution in [-0.2, 0) is 28.3 Å². The molecule has 2 aliphatic rings. The van der Waals surface area contributed by atoms with Gasteiger partial charge < -0.3 is 14.6 Å². The van der Waals surface area contributed by atoms with Crippen molar-refractivity contribution in [2.75, 3.05) is 13.2 Å². The predicted octanol–water partition coefficient (Wildman–Crippen LogP) is 1.32. The Bertz CT molecular complexity index is 380. The van der Waals surface area contributed by atoms with Crippen LogP contribution < -0.4 is 0 Å². The molecule has 3 nitrogen and oxygen atoms in total. The molecule has 1 saturated heterocycles. The molecule has 15 heavy (non-hydrogen) atoms. The van der Waals surface area contributed by atoms with Gasteiger partial charge >= 0.3 is 0 Å². The first-order valence-electron chi connectivity index (χ1n) is 5.35. The van der Waals surface area contributed by atoms with Gasteiger partial charge in [-0.2, -0.15) is 0 Å². The molecule has 1 fully saturated rings. The quantitative estimate of drug-likeness (QED) is 0.753. The highest BCUT2D eigenvalue weighted by molar-refractivity contribution is 5.39. The molecule has 3 heteroatoms. The van der Waals surface area contributed by atoms with E-state index in [1.165, 1.54) is 5.56 Å². The van der Waals surface area contributed by atoms with E-state index in [1.54, 1.807) is 0 Å². The number of hydrogen-bond acceptors (Lipinski definition) is 3. The van der Waals surface area contributed by atoms with Crippen molar-refractivity contribution in [2.24, 2.45) is 0 Å². The third-order valence-corrected chi connectivity index (χ3v) is 3.24. The van der Waals surface area contributed by atoms with E-state index in [9.17, 15) is 0 Å². The SMILES string of the molecule is OCc1ccc2c(c1)CCC21OCCO1. The highest BCUT2D eigenvalue weighted by Gasteiger charge is 2.43. The molecule has 0 atom stereocenters. The number of aliphatic hydroxyl groups excluding tert-OH is 1. The van der Waals surface area contributed by atoms with Crippen LogP contribution in [0.3, 0.4) is 0 Å². The molecule has 1 aliphatic heterocycles. The number of hydrogen-bond donors (Lipinski definition) is 1. The first-order valence-corrected chi connectivity index (χ1v) is 5.35. The fourth-order valence-corrected chi connectivity index (χ4v) is 2.51. The minimum atomic E-state index is -0.469.